The summed E-state index contributed by atoms with van der Waals surface area (Å²) in [5, 5.41) is 12.5. The van der Waals surface area contributed by atoms with Crippen LogP contribution in [-0.2, 0) is 21.7 Å². The van der Waals surface area contributed by atoms with Crippen molar-refractivity contribution in [2.75, 3.05) is 4.90 Å². The molecule has 2 aliphatic rings. The van der Waals surface area contributed by atoms with E-state index in [1.54, 1.807) is 23.1 Å². The van der Waals surface area contributed by atoms with Gasteiger partial charge in [-0.3, -0.25) is 9.59 Å². The lowest BCUT2D eigenvalue weighted by Crippen LogP contribution is -2.49. The summed E-state index contributed by atoms with van der Waals surface area (Å²) in [5.41, 5.74) is 1.59. The third-order valence-electron chi connectivity index (χ3n) is 6.68. The second-order valence-corrected chi connectivity index (χ2v) is 9.06. The van der Waals surface area contributed by atoms with Gasteiger partial charge in [0.05, 0.1) is 18.2 Å². The molecule has 1 heterocycles. The second-order valence-electron chi connectivity index (χ2n) is 8.66. The topological polar surface area (TPSA) is 57.6 Å². The molecule has 4 nitrogen and oxygen atoms in total. The van der Waals surface area contributed by atoms with Crippen LogP contribution in [0.4, 0.5) is 5.69 Å². The van der Waals surface area contributed by atoms with Crippen LogP contribution >= 0.6 is 11.6 Å². The fourth-order valence-electron chi connectivity index (χ4n) is 5.02. The minimum atomic E-state index is -1.90. The summed E-state index contributed by atoms with van der Waals surface area (Å²) < 4.78 is 0. The summed E-state index contributed by atoms with van der Waals surface area (Å²) in [4.78, 5) is 28.9. The molecule has 33 heavy (non-hydrogen) atoms. The van der Waals surface area contributed by atoms with E-state index in [2.05, 4.69) is 0 Å². The van der Waals surface area contributed by atoms with Gasteiger partial charge in [-0.1, -0.05) is 78.3 Å². The molecule has 1 aliphatic heterocycles. The first kappa shape index (κ1) is 21.6. The largest absolute Gasteiger partial charge is 0.375 e. The van der Waals surface area contributed by atoms with Gasteiger partial charge in [0, 0.05) is 10.6 Å². The molecular formula is C28H24ClNO3. The third kappa shape index (κ3) is 3.69. The zero-order chi connectivity index (χ0) is 23.0. The summed E-state index contributed by atoms with van der Waals surface area (Å²) in [6.07, 6.45) is 3.71. The minimum absolute atomic E-state index is 0.157. The van der Waals surface area contributed by atoms with Gasteiger partial charge in [-0.25, -0.2) is 0 Å². The molecule has 0 aromatic heterocycles. The number of anilines is 1. The molecule has 1 saturated carbocycles. The predicted octanol–water partition coefficient (Wildman–Crippen LogP) is 5.53. The lowest BCUT2D eigenvalue weighted by Gasteiger charge is -2.34. The fourth-order valence-corrected chi connectivity index (χ4v) is 5.21. The monoisotopic (exact) mass is 457 g/mol. The summed E-state index contributed by atoms with van der Waals surface area (Å²) >= 11 is 6.35. The van der Waals surface area contributed by atoms with E-state index < -0.39 is 17.4 Å². The van der Waals surface area contributed by atoms with Crippen molar-refractivity contribution in [1.82, 2.24) is 0 Å². The van der Waals surface area contributed by atoms with Gasteiger partial charge in [0.1, 0.15) is 0 Å². The van der Waals surface area contributed by atoms with Crippen LogP contribution in [0.2, 0.25) is 5.02 Å². The Labute approximate surface area is 198 Å². The van der Waals surface area contributed by atoms with Crippen LogP contribution in [-0.4, -0.2) is 16.8 Å². The zero-order valence-electron chi connectivity index (χ0n) is 18.1. The number of ketones is 1. The van der Waals surface area contributed by atoms with E-state index in [0.29, 0.717) is 34.7 Å². The summed E-state index contributed by atoms with van der Waals surface area (Å²) in [5.74, 6) is -1.45. The van der Waals surface area contributed by atoms with Crippen molar-refractivity contribution in [2.45, 2.75) is 31.4 Å². The first-order chi connectivity index (χ1) is 16.0. The molecule has 0 bridgehead atoms. The molecule has 0 spiro atoms. The van der Waals surface area contributed by atoms with Gasteiger partial charge in [0.15, 0.2) is 11.4 Å². The number of hydrogen-bond donors (Lipinski definition) is 1. The van der Waals surface area contributed by atoms with Crippen LogP contribution in [0.3, 0.4) is 0 Å². The molecule has 1 fully saturated rings. The zero-order valence-corrected chi connectivity index (χ0v) is 18.8. The minimum Gasteiger partial charge on any atom is -0.375 e. The van der Waals surface area contributed by atoms with Crippen LogP contribution in [0.15, 0.2) is 84.4 Å². The Hall–Kier alpha value is -3.21. The highest BCUT2D eigenvalue weighted by Crippen LogP contribution is 2.49. The lowest BCUT2D eigenvalue weighted by molar-refractivity contribution is -0.150. The Morgan fingerprint density at radius 3 is 2.45 bits per heavy atom. The second kappa shape index (κ2) is 8.62. The van der Waals surface area contributed by atoms with Gasteiger partial charge in [-0.15, -0.1) is 0 Å². The number of rotatable bonds is 4. The fraction of sp³-hybridized carbons (Fsp3) is 0.214. The molecule has 5 heteroatoms. The first-order valence-corrected chi connectivity index (χ1v) is 11.5. The van der Waals surface area contributed by atoms with E-state index >= 15 is 0 Å². The predicted molar refractivity (Wildman–Crippen MR) is 130 cm³/mol. The van der Waals surface area contributed by atoms with Gasteiger partial charge >= 0.3 is 0 Å². The molecule has 1 amide bonds. The van der Waals surface area contributed by atoms with E-state index in [4.69, 9.17) is 11.6 Å². The van der Waals surface area contributed by atoms with Crippen molar-refractivity contribution in [2.24, 2.45) is 5.92 Å². The highest BCUT2D eigenvalue weighted by Gasteiger charge is 2.57. The summed E-state index contributed by atoms with van der Waals surface area (Å²) in [6, 6.07) is 24.2. The Balaban J connectivity index is 1.53. The molecule has 1 aliphatic carbocycles. The van der Waals surface area contributed by atoms with E-state index in [0.717, 1.165) is 17.5 Å². The number of halogens is 1. The quantitative estimate of drug-likeness (QED) is 0.524. The maximum absolute atomic E-state index is 13.8. The number of allylic oxidation sites excluding steroid dienone is 1. The normalized spacial score (nSPS) is 23.8. The average Bonchev–Trinajstić information content (AvgIpc) is 3.05. The molecule has 1 N–H and O–H groups in total. The number of carbonyl (C=O) groups is 2. The van der Waals surface area contributed by atoms with Gasteiger partial charge in [-0.05, 0) is 54.2 Å². The molecule has 2 atom stereocenters. The smallest absolute Gasteiger partial charge is 0.264 e. The van der Waals surface area contributed by atoms with E-state index in [1.165, 1.54) is 0 Å². The maximum Gasteiger partial charge on any atom is 0.264 e. The van der Waals surface area contributed by atoms with Crippen molar-refractivity contribution >= 4 is 35.1 Å². The lowest BCUT2D eigenvalue weighted by atomic mass is 9.71. The number of benzene rings is 3. The number of hydrogen-bond acceptors (Lipinski definition) is 3. The Morgan fingerprint density at radius 1 is 0.970 bits per heavy atom. The Kier molecular flexibility index (Phi) is 5.65. The Bertz CT molecular complexity index is 1250. The summed E-state index contributed by atoms with van der Waals surface area (Å²) in [7, 11) is 0. The van der Waals surface area contributed by atoms with Gasteiger partial charge in [-0.2, -0.15) is 0 Å². The molecule has 3 aromatic rings. The van der Waals surface area contributed by atoms with Crippen LogP contribution in [0.1, 0.15) is 36.0 Å². The number of amides is 1. The average molecular weight is 458 g/mol. The summed E-state index contributed by atoms with van der Waals surface area (Å²) in [6.45, 7) is 0.228. The number of nitrogens with zero attached hydrogens (tertiary/aromatic N) is 1. The van der Waals surface area contributed by atoms with Crippen molar-refractivity contribution in [3.05, 3.63) is 106 Å². The van der Waals surface area contributed by atoms with Crippen LogP contribution in [0, 0.1) is 5.92 Å². The van der Waals surface area contributed by atoms with E-state index in [1.807, 2.05) is 66.7 Å². The number of para-hydroxylation sites is 1. The van der Waals surface area contributed by atoms with Crippen LogP contribution in [0.5, 0.6) is 0 Å². The van der Waals surface area contributed by atoms with Crippen molar-refractivity contribution in [3.63, 3.8) is 0 Å². The molecule has 166 valence electrons. The van der Waals surface area contributed by atoms with Gasteiger partial charge in [0.2, 0.25) is 0 Å². The van der Waals surface area contributed by atoms with Crippen LogP contribution in [0.25, 0.3) is 6.08 Å². The standard InChI is InChI=1S/C28H24ClNO3/c29-24-15-6-4-11-21(24)18-30-25-16-7-5-13-22(25)28(33,27(30)32)23-14-8-12-20(26(23)31)17-19-9-2-1-3-10-19/h1-7,9-11,13,15-17,23,33H,8,12,14,18H2/b20-17+/t23-,28-/m1/s1. The SMILES string of the molecule is O=C1/C(=C/c2ccccc2)CCC[C@H]1[C@@]1(O)C(=O)N(Cc2ccccc2Cl)c2ccccc21. The Morgan fingerprint density at radius 2 is 1.67 bits per heavy atom. The number of Topliss-reactive ketones (excluding diaryl/α,β-unsaturated/α-hetero) is 1. The van der Waals surface area contributed by atoms with E-state index in [-0.39, 0.29) is 12.3 Å². The number of aliphatic hydroxyl groups is 1. The third-order valence-corrected chi connectivity index (χ3v) is 7.05. The van der Waals surface area contributed by atoms with Gasteiger partial charge in [0.25, 0.3) is 5.91 Å². The van der Waals surface area contributed by atoms with Gasteiger partial charge < -0.3 is 10.0 Å². The molecule has 0 radical (unpaired) electrons. The number of fused-ring (bicyclic) bond motifs is 1. The van der Waals surface area contributed by atoms with Crippen molar-refractivity contribution in [3.8, 4) is 0 Å². The maximum atomic E-state index is 13.8. The first-order valence-electron chi connectivity index (χ1n) is 11.2. The molecule has 0 saturated heterocycles. The molecular weight excluding hydrogens is 434 g/mol. The van der Waals surface area contributed by atoms with Crippen LogP contribution < -0.4 is 4.90 Å². The highest BCUT2D eigenvalue weighted by molar-refractivity contribution is 6.31. The highest BCUT2D eigenvalue weighted by atomic mass is 35.5. The number of carbonyl (C=O) groups excluding carboxylic acids is 2. The molecule has 3 aromatic carbocycles. The molecule has 5 rings (SSSR count). The van der Waals surface area contributed by atoms with Crippen molar-refractivity contribution < 1.29 is 14.7 Å². The molecule has 0 unspecified atom stereocenters. The van der Waals surface area contributed by atoms with Crippen molar-refractivity contribution in [1.29, 1.82) is 0 Å². The van der Waals surface area contributed by atoms with E-state index in [9.17, 15) is 14.7 Å².